The maximum Gasteiger partial charge on any atom is 0.206 e. The van der Waals surface area contributed by atoms with Crippen molar-refractivity contribution in [3.8, 4) is 0 Å². The van der Waals surface area contributed by atoms with E-state index in [0.29, 0.717) is 0 Å². The second-order valence-electron chi connectivity index (χ2n) is 3.40. The quantitative estimate of drug-likeness (QED) is 0.522. The van der Waals surface area contributed by atoms with Crippen LogP contribution in [0.25, 0.3) is 6.08 Å². The minimum absolute atomic E-state index is 1.01. The molecular formula is C12H10N+. The average Bonchev–Trinajstić information content (AvgIpc) is 2.61. The molecule has 0 unspecified atom stereocenters. The van der Waals surface area contributed by atoms with Gasteiger partial charge in [-0.25, -0.2) is 0 Å². The molecule has 3 rings (SSSR count). The predicted octanol–water partition coefficient (Wildman–Crippen LogP) is 2.19. The molecule has 1 aromatic carbocycles. The van der Waals surface area contributed by atoms with Crippen LogP contribution in [0.2, 0.25) is 0 Å². The summed E-state index contributed by atoms with van der Waals surface area (Å²) in [6, 6.07) is 8.55. The van der Waals surface area contributed by atoms with Gasteiger partial charge in [0, 0.05) is 23.8 Å². The van der Waals surface area contributed by atoms with Crippen molar-refractivity contribution in [3.63, 3.8) is 0 Å². The van der Waals surface area contributed by atoms with E-state index in [0.717, 1.165) is 6.54 Å². The van der Waals surface area contributed by atoms with E-state index >= 15 is 0 Å². The first-order chi connectivity index (χ1) is 6.43. The number of benzene rings is 1. The Labute approximate surface area is 77.3 Å². The van der Waals surface area contributed by atoms with Gasteiger partial charge < -0.3 is 0 Å². The lowest BCUT2D eigenvalue weighted by molar-refractivity contribution is -0.480. The van der Waals surface area contributed by atoms with Gasteiger partial charge in [-0.1, -0.05) is 24.3 Å². The molecule has 0 atom stereocenters. The van der Waals surface area contributed by atoms with Crippen LogP contribution in [0.3, 0.4) is 0 Å². The summed E-state index contributed by atoms with van der Waals surface area (Å²) < 4.78 is 2.27. The monoisotopic (exact) mass is 168 g/mol. The Kier molecular flexibility index (Phi) is 1.28. The van der Waals surface area contributed by atoms with Crippen LogP contribution in [-0.4, -0.2) is 10.8 Å². The third-order valence-electron chi connectivity index (χ3n) is 2.56. The zero-order chi connectivity index (χ0) is 8.67. The molecule has 0 N–H and O–H groups in total. The fourth-order valence-electron chi connectivity index (χ4n) is 1.86. The van der Waals surface area contributed by atoms with Crippen LogP contribution in [0.1, 0.15) is 11.1 Å². The number of fused-ring (bicyclic) bond motifs is 2. The SMILES string of the molecule is C1=CC2=Cc3ccccc3C[N+]2=C1. The first-order valence-corrected chi connectivity index (χ1v) is 4.51. The fourth-order valence-corrected chi connectivity index (χ4v) is 1.86. The molecule has 2 aliphatic rings. The molecular weight excluding hydrogens is 158 g/mol. The second-order valence-corrected chi connectivity index (χ2v) is 3.40. The van der Waals surface area contributed by atoms with Crippen LogP contribution >= 0.6 is 0 Å². The smallest absolute Gasteiger partial charge is 0.194 e. The van der Waals surface area contributed by atoms with Gasteiger partial charge in [-0.3, -0.25) is 0 Å². The van der Waals surface area contributed by atoms with Crippen LogP contribution in [0.5, 0.6) is 0 Å². The Morgan fingerprint density at radius 1 is 1.15 bits per heavy atom. The lowest BCUT2D eigenvalue weighted by Crippen LogP contribution is -2.12. The Morgan fingerprint density at radius 3 is 3.08 bits per heavy atom. The van der Waals surface area contributed by atoms with Crippen molar-refractivity contribution in [2.24, 2.45) is 0 Å². The number of hydrogen-bond donors (Lipinski definition) is 0. The van der Waals surface area contributed by atoms with Crippen LogP contribution < -0.4 is 0 Å². The van der Waals surface area contributed by atoms with Gasteiger partial charge in [-0.05, 0) is 5.56 Å². The molecule has 0 aromatic heterocycles. The van der Waals surface area contributed by atoms with Gasteiger partial charge in [0.25, 0.3) is 0 Å². The first kappa shape index (κ1) is 6.84. The standard InChI is InChI=1S/C12H10N/c1-2-5-11-9-13-7-3-6-12(13)8-10(11)4-1/h1-8H,9H2/q+1. The molecule has 0 saturated heterocycles. The zero-order valence-corrected chi connectivity index (χ0v) is 7.27. The van der Waals surface area contributed by atoms with Crippen molar-refractivity contribution < 1.29 is 4.58 Å². The predicted molar refractivity (Wildman–Crippen MR) is 53.6 cm³/mol. The number of allylic oxidation sites excluding steroid dienone is 2. The Hall–Kier alpha value is -1.63. The molecule has 0 radical (unpaired) electrons. The van der Waals surface area contributed by atoms with E-state index in [2.05, 4.69) is 53.3 Å². The summed E-state index contributed by atoms with van der Waals surface area (Å²) in [5.41, 5.74) is 4.07. The van der Waals surface area contributed by atoms with Gasteiger partial charge in [0.2, 0.25) is 5.70 Å². The van der Waals surface area contributed by atoms with E-state index in [1.165, 1.54) is 16.8 Å². The molecule has 13 heavy (non-hydrogen) atoms. The van der Waals surface area contributed by atoms with Crippen molar-refractivity contribution in [1.82, 2.24) is 0 Å². The van der Waals surface area contributed by atoms with E-state index in [9.17, 15) is 0 Å². The molecule has 0 saturated carbocycles. The van der Waals surface area contributed by atoms with Crippen molar-refractivity contribution in [2.75, 3.05) is 0 Å². The summed E-state index contributed by atoms with van der Waals surface area (Å²) >= 11 is 0. The first-order valence-electron chi connectivity index (χ1n) is 4.51. The van der Waals surface area contributed by atoms with Gasteiger partial charge in [0.1, 0.15) is 0 Å². The van der Waals surface area contributed by atoms with E-state index in [4.69, 9.17) is 0 Å². The van der Waals surface area contributed by atoms with Gasteiger partial charge in [0.05, 0.1) is 0 Å². The molecule has 0 fully saturated rings. The van der Waals surface area contributed by atoms with Crippen molar-refractivity contribution in [3.05, 3.63) is 53.2 Å². The maximum atomic E-state index is 2.27. The molecule has 1 aromatic rings. The summed E-state index contributed by atoms with van der Waals surface area (Å²) in [6.45, 7) is 1.01. The Bertz CT molecular complexity index is 450. The van der Waals surface area contributed by atoms with Gasteiger partial charge >= 0.3 is 0 Å². The number of hydrogen-bond acceptors (Lipinski definition) is 0. The maximum absolute atomic E-state index is 2.27. The highest BCUT2D eigenvalue weighted by Crippen LogP contribution is 2.23. The lowest BCUT2D eigenvalue weighted by Gasteiger charge is -2.09. The van der Waals surface area contributed by atoms with Gasteiger partial charge in [-0.15, -0.1) is 0 Å². The summed E-state index contributed by atoms with van der Waals surface area (Å²) in [6.07, 6.45) is 8.61. The largest absolute Gasteiger partial charge is 0.206 e. The number of rotatable bonds is 0. The second kappa shape index (κ2) is 2.43. The van der Waals surface area contributed by atoms with Crippen molar-refractivity contribution in [2.45, 2.75) is 6.54 Å². The molecule has 0 aliphatic carbocycles. The van der Waals surface area contributed by atoms with Crippen LogP contribution in [-0.2, 0) is 6.54 Å². The highest BCUT2D eigenvalue weighted by Gasteiger charge is 2.21. The lowest BCUT2D eigenvalue weighted by atomic mass is 10.0. The molecule has 0 amide bonds. The molecule has 0 spiro atoms. The Balaban J connectivity index is 2.21. The summed E-state index contributed by atoms with van der Waals surface area (Å²) in [7, 11) is 0. The minimum Gasteiger partial charge on any atom is -0.194 e. The van der Waals surface area contributed by atoms with Crippen molar-refractivity contribution in [1.29, 1.82) is 0 Å². The average molecular weight is 168 g/mol. The highest BCUT2D eigenvalue weighted by molar-refractivity contribution is 5.74. The highest BCUT2D eigenvalue weighted by atomic mass is 15.0. The third kappa shape index (κ3) is 0.970. The normalized spacial score (nSPS) is 17.5. The molecule has 0 bridgehead atoms. The molecule has 1 heteroatoms. The Morgan fingerprint density at radius 2 is 2.08 bits per heavy atom. The van der Waals surface area contributed by atoms with E-state index < -0.39 is 0 Å². The summed E-state index contributed by atoms with van der Waals surface area (Å²) in [5, 5.41) is 0. The van der Waals surface area contributed by atoms with Crippen molar-refractivity contribution >= 4 is 12.3 Å². The van der Waals surface area contributed by atoms with Crippen LogP contribution in [0.15, 0.2) is 42.1 Å². The van der Waals surface area contributed by atoms with E-state index in [1.807, 2.05) is 0 Å². The van der Waals surface area contributed by atoms with Gasteiger partial charge in [-0.2, -0.15) is 4.58 Å². The molecule has 1 nitrogen and oxygen atoms in total. The molecule has 62 valence electrons. The van der Waals surface area contributed by atoms with E-state index in [1.54, 1.807) is 0 Å². The molecule has 2 heterocycles. The number of nitrogens with zero attached hydrogens (tertiary/aromatic N) is 1. The minimum atomic E-state index is 1.01. The summed E-state index contributed by atoms with van der Waals surface area (Å²) in [4.78, 5) is 0. The fraction of sp³-hybridized carbons (Fsp3) is 0.0833. The zero-order valence-electron chi connectivity index (χ0n) is 7.27. The molecule has 2 aliphatic heterocycles. The summed E-state index contributed by atoms with van der Waals surface area (Å²) in [5.74, 6) is 0. The topological polar surface area (TPSA) is 3.01 Å². The van der Waals surface area contributed by atoms with E-state index in [-0.39, 0.29) is 0 Å². The third-order valence-corrected chi connectivity index (χ3v) is 2.56. The van der Waals surface area contributed by atoms with Crippen LogP contribution in [0, 0.1) is 0 Å². The van der Waals surface area contributed by atoms with Gasteiger partial charge in [0.15, 0.2) is 12.8 Å². The van der Waals surface area contributed by atoms with Crippen LogP contribution in [0.4, 0.5) is 0 Å².